The third-order valence-electron chi connectivity index (χ3n) is 2.81. The number of amides is 1. The molecule has 1 atom stereocenters. The number of pyridine rings is 1. The fraction of sp³-hybridized carbons (Fsp3) is 0.286. The number of methoxy groups -OCH3 is 1. The van der Waals surface area contributed by atoms with Gasteiger partial charge in [0.1, 0.15) is 15.9 Å². The van der Waals surface area contributed by atoms with Crippen molar-refractivity contribution < 1.29 is 14.3 Å². The van der Waals surface area contributed by atoms with Gasteiger partial charge >= 0.3 is 5.97 Å². The summed E-state index contributed by atoms with van der Waals surface area (Å²) in [5.74, 6) is -0.823. The Morgan fingerprint density at radius 1 is 1.43 bits per heavy atom. The number of hydrogen-bond donors (Lipinski definition) is 1. The third kappa shape index (κ3) is 3.43. The van der Waals surface area contributed by atoms with Crippen molar-refractivity contribution in [1.82, 2.24) is 15.3 Å². The molecular formula is C14H15N3O3S. The molecule has 0 spiro atoms. The number of ether oxygens (including phenoxy) is 1. The lowest BCUT2D eigenvalue weighted by atomic mass is 10.3. The molecule has 7 heteroatoms. The smallest absolute Gasteiger partial charge is 0.328 e. The van der Waals surface area contributed by atoms with Crippen LogP contribution in [0.25, 0.3) is 10.6 Å². The lowest BCUT2D eigenvalue weighted by molar-refractivity contribution is -0.142. The van der Waals surface area contributed by atoms with E-state index in [0.29, 0.717) is 10.6 Å². The van der Waals surface area contributed by atoms with Crippen molar-refractivity contribution in [2.75, 3.05) is 7.11 Å². The van der Waals surface area contributed by atoms with E-state index >= 15 is 0 Å². The minimum absolute atomic E-state index is 0.335. The van der Waals surface area contributed by atoms with Crippen LogP contribution in [0.2, 0.25) is 0 Å². The Labute approximate surface area is 126 Å². The van der Waals surface area contributed by atoms with Gasteiger partial charge in [0.2, 0.25) is 0 Å². The van der Waals surface area contributed by atoms with Crippen LogP contribution in [0.3, 0.4) is 0 Å². The topological polar surface area (TPSA) is 81.2 Å². The van der Waals surface area contributed by atoms with E-state index in [1.165, 1.54) is 18.4 Å². The molecule has 1 unspecified atom stereocenters. The van der Waals surface area contributed by atoms with Crippen LogP contribution in [0, 0.1) is 6.92 Å². The number of rotatable bonds is 4. The van der Waals surface area contributed by atoms with E-state index in [1.54, 1.807) is 26.2 Å². The first kappa shape index (κ1) is 15.1. The molecule has 0 aliphatic heterocycles. The quantitative estimate of drug-likeness (QED) is 0.871. The number of nitrogens with zero attached hydrogens (tertiary/aromatic N) is 2. The van der Waals surface area contributed by atoms with Crippen molar-refractivity contribution in [1.29, 1.82) is 0 Å². The number of aryl methyl sites for hydroxylation is 1. The van der Waals surface area contributed by atoms with E-state index in [9.17, 15) is 9.59 Å². The molecule has 110 valence electrons. The molecule has 0 saturated heterocycles. The third-order valence-corrected chi connectivity index (χ3v) is 4.02. The van der Waals surface area contributed by atoms with Gasteiger partial charge in [-0.25, -0.2) is 9.78 Å². The van der Waals surface area contributed by atoms with Crippen molar-refractivity contribution in [3.8, 4) is 10.6 Å². The first-order chi connectivity index (χ1) is 10.0. The first-order valence-corrected chi connectivity index (χ1v) is 7.11. The summed E-state index contributed by atoms with van der Waals surface area (Å²) in [7, 11) is 1.28. The molecule has 6 nitrogen and oxygen atoms in total. The highest BCUT2D eigenvalue weighted by molar-refractivity contribution is 7.17. The Morgan fingerprint density at radius 3 is 2.81 bits per heavy atom. The van der Waals surface area contributed by atoms with Crippen molar-refractivity contribution in [2.45, 2.75) is 19.9 Å². The Hall–Kier alpha value is -2.28. The normalized spacial score (nSPS) is 11.8. The summed E-state index contributed by atoms with van der Waals surface area (Å²) < 4.78 is 4.58. The summed E-state index contributed by atoms with van der Waals surface area (Å²) in [6.07, 6.45) is 3.37. The summed E-state index contributed by atoms with van der Waals surface area (Å²) in [6.45, 7) is 3.33. The number of nitrogens with one attached hydrogen (secondary N) is 1. The highest BCUT2D eigenvalue weighted by Crippen LogP contribution is 2.27. The second-order valence-electron chi connectivity index (χ2n) is 4.39. The summed E-state index contributed by atoms with van der Waals surface area (Å²) in [5, 5.41) is 3.31. The number of esters is 1. The fourth-order valence-corrected chi connectivity index (χ4v) is 2.68. The molecule has 0 radical (unpaired) electrons. The lowest BCUT2D eigenvalue weighted by Gasteiger charge is -2.10. The summed E-state index contributed by atoms with van der Waals surface area (Å²) >= 11 is 1.27. The zero-order chi connectivity index (χ0) is 15.4. The molecule has 0 bridgehead atoms. The van der Waals surface area contributed by atoms with Crippen molar-refractivity contribution in [3.63, 3.8) is 0 Å². The SMILES string of the molecule is COC(=O)C(C)NC(=O)c1sc(-c2cccnc2)nc1C. The number of carbonyl (C=O) groups is 2. The molecule has 0 aromatic carbocycles. The Bertz CT molecular complexity index is 655. The lowest BCUT2D eigenvalue weighted by Crippen LogP contribution is -2.39. The summed E-state index contributed by atoms with van der Waals surface area (Å²) in [5.41, 5.74) is 1.47. The van der Waals surface area contributed by atoms with Gasteiger partial charge in [-0.2, -0.15) is 0 Å². The average molecular weight is 305 g/mol. The predicted molar refractivity (Wildman–Crippen MR) is 79.0 cm³/mol. The Morgan fingerprint density at radius 2 is 2.19 bits per heavy atom. The Balaban J connectivity index is 2.19. The zero-order valence-corrected chi connectivity index (χ0v) is 12.7. The van der Waals surface area contributed by atoms with Crippen LogP contribution in [0.5, 0.6) is 0 Å². The van der Waals surface area contributed by atoms with Gasteiger partial charge in [0, 0.05) is 18.0 Å². The van der Waals surface area contributed by atoms with Crippen LogP contribution in [0.4, 0.5) is 0 Å². The molecule has 2 heterocycles. The minimum Gasteiger partial charge on any atom is -0.467 e. The second-order valence-corrected chi connectivity index (χ2v) is 5.39. The standard InChI is InChI=1S/C14H15N3O3S/c1-8-11(12(18)16-9(2)14(19)20-3)21-13(17-8)10-5-4-6-15-7-10/h4-7,9H,1-3H3,(H,16,18). The summed E-state index contributed by atoms with van der Waals surface area (Å²) in [4.78, 5) is 32.4. The fourth-order valence-electron chi connectivity index (χ4n) is 1.72. The Kier molecular flexibility index (Phi) is 4.64. The molecule has 0 aliphatic rings. The van der Waals surface area contributed by atoms with E-state index in [4.69, 9.17) is 0 Å². The number of aromatic nitrogens is 2. The van der Waals surface area contributed by atoms with Gasteiger partial charge in [-0.1, -0.05) is 0 Å². The van der Waals surface area contributed by atoms with Gasteiger partial charge in [-0.05, 0) is 26.0 Å². The molecule has 0 aliphatic carbocycles. The van der Waals surface area contributed by atoms with Gasteiger partial charge in [0.15, 0.2) is 0 Å². The highest BCUT2D eigenvalue weighted by Gasteiger charge is 2.21. The molecule has 2 rings (SSSR count). The molecular weight excluding hydrogens is 290 g/mol. The molecule has 1 amide bonds. The molecule has 2 aromatic heterocycles. The van der Waals surface area contributed by atoms with Gasteiger partial charge in [0.25, 0.3) is 5.91 Å². The van der Waals surface area contributed by atoms with E-state index in [0.717, 1.165) is 10.6 Å². The summed E-state index contributed by atoms with van der Waals surface area (Å²) in [6, 6.07) is 2.99. The van der Waals surface area contributed by atoms with Crippen LogP contribution < -0.4 is 5.32 Å². The van der Waals surface area contributed by atoms with Gasteiger partial charge < -0.3 is 10.1 Å². The minimum atomic E-state index is -0.703. The van der Waals surface area contributed by atoms with Gasteiger partial charge in [0.05, 0.1) is 12.8 Å². The van der Waals surface area contributed by atoms with Crippen LogP contribution in [-0.4, -0.2) is 35.0 Å². The van der Waals surface area contributed by atoms with E-state index in [1.807, 2.05) is 12.1 Å². The maximum Gasteiger partial charge on any atom is 0.328 e. The maximum atomic E-state index is 12.2. The molecule has 0 fully saturated rings. The van der Waals surface area contributed by atoms with E-state index < -0.39 is 12.0 Å². The van der Waals surface area contributed by atoms with Crippen LogP contribution >= 0.6 is 11.3 Å². The van der Waals surface area contributed by atoms with Gasteiger partial charge in [-0.3, -0.25) is 9.78 Å². The molecule has 21 heavy (non-hydrogen) atoms. The number of carbonyl (C=O) groups excluding carboxylic acids is 2. The van der Waals surface area contributed by atoms with E-state index in [-0.39, 0.29) is 5.91 Å². The van der Waals surface area contributed by atoms with Crippen molar-refractivity contribution in [3.05, 3.63) is 35.1 Å². The van der Waals surface area contributed by atoms with Crippen LogP contribution in [-0.2, 0) is 9.53 Å². The zero-order valence-electron chi connectivity index (χ0n) is 11.9. The highest BCUT2D eigenvalue weighted by atomic mass is 32.1. The largest absolute Gasteiger partial charge is 0.467 e. The maximum absolute atomic E-state index is 12.2. The number of hydrogen-bond acceptors (Lipinski definition) is 6. The van der Waals surface area contributed by atoms with Crippen LogP contribution in [0.1, 0.15) is 22.3 Å². The molecule has 2 aromatic rings. The van der Waals surface area contributed by atoms with Crippen LogP contribution in [0.15, 0.2) is 24.5 Å². The van der Waals surface area contributed by atoms with Gasteiger partial charge in [-0.15, -0.1) is 11.3 Å². The predicted octanol–water partition coefficient (Wildman–Crippen LogP) is 1.80. The van der Waals surface area contributed by atoms with Crippen molar-refractivity contribution in [2.24, 2.45) is 0 Å². The number of thiazole rings is 1. The second kappa shape index (κ2) is 6.45. The monoisotopic (exact) mass is 305 g/mol. The molecule has 0 saturated carbocycles. The first-order valence-electron chi connectivity index (χ1n) is 6.29. The average Bonchev–Trinajstić information content (AvgIpc) is 2.89. The molecule has 1 N–H and O–H groups in total. The van der Waals surface area contributed by atoms with E-state index in [2.05, 4.69) is 20.0 Å². The van der Waals surface area contributed by atoms with Crippen molar-refractivity contribution >= 4 is 23.2 Å².